The van der Waals surface area contributed by atoms with Gasteiger partial charge in [0.25, 0.3) is 0 Å². The lowest BCUT2D eigenvalue weighted by molar-refractivity contribution is 0.653. The number of thiophene rings is 1. The summed E-state index contributed by atoms with van der Waals surface area (Å²) in [5.74, 6) is 1.50. The largest absolute Gasteiger partial charge is 0.436 e. The molecule has 0 bridgehead atoms. The number of hydrogen-bond donors (Lipinski definition) is 0. The fourth-order valence-electron chi connectivity index (χ4n) is 16.0. The standard InChI is InChI=1S/C88H50N8OS/c1-3-24-56(25-4-1)93-71-36-14-9-28-59(71)67-46-54(41-43-75(67)93)80-85(89-82-64-32-13-18-40-79(64)97-87(82)91-80)96-74-39-17-12-31-62(74)70-50-66-53(49-78(70)96)23-19-33-58(66)63-34-20-35-65-83-88(98-84(63)65)92-81(55-42-44-76-68(47-55)60-29-10-15-37-72(60)94(76)57-26-5-2-6-27-57)86(90-83)95-73-38-16-11-30-61(73)69-45-51-21-7-8-22-52(51)48-77(69)95/h1-50H. The van der Waals surface area contributed by atoms with Crippen molar-refractivity contribution in [3.63, 3.8) is 0 Å². The zero-order valence-electron chi connectivity index (χ0n) is 52.3. The summed E-state index contributed by atoms with van der Waals surface area (Å²) in [5, 5.41) is 15.7. The van der Waals surface area contributed by atoms with Crippen LogP contribution in [0.1, 0.15) is 0 Å². The smallest absolute Gasteiger partial charge is 0.247 e. The number of fused-ring (bicyclic) bond motifs is 20. The summed E-state index contributed by atoms with van der Waals surface area (Å²) in [7, 11) is 0. The number of nitrogens with zero attached hydrogens (tertiary/aromatic N) is 8. The fraction of sp³-hybridized carbons (Fsp3) is 0. The minimum absolute atomic E-state index is 0.492. The molecule has 0 fully saturated rings. The Labute approximate surface area is 561 Å². The van der Waals surface area contributed by atoms with Crippen LogP contribution in [-0.2, 0) is 0 Å². The summed E-state index contributed by atoms with van der Waals surface area (Å²) in [6, 6.07) is 109. The van der Waals surface area contributed by atoms with E-state index in [1.165, 1.54) is 16.2 Å². The molecule has 0 spiro atoms. The third-order valence-electron chi connectivity index (χ3n) is 20.4. The van der Waals surface area contributed by atoms with E-state index in [0.29, 0.717) is 11.2 Å². The molecule has 10 heteroatoms. The van der Waals surface area contributed by atoms with E-state index in [2.05, 4.69) is 303 Å². The molecule has 0 saturated carbocycles. The first-order chi connectivity index (χ1) is 48.6. The molecule has 0 saturated heterocycles. The van der Waals surface area contributed by atoms with Gasteiger partial charge in [-0.3, -0.25) is 9.13 Å². The predicted molar refractivity (Wildman–Crippen MR) is 406 cm³/mol. The maximum absolute atomic E-state index is 6.58. The van der Waals surface area contributed by atoms with E-state index in [1.54, 1.807) is 11.3 Å². The highest BCUT2D eigenvalue weighted by Gasteiger charge is 2.27. The van der Waals surface area contributed by atoms with Gasteiger partial charge in [0, 0.05) is 86.6 Å². The van der Waals surface area contributed by atoms with Crippen molar-refractivity contribution in [2.75, 3.05) is 0 Å². The average molecular weight is 1270 g/mol. The van der Waals surface area contributed by atoms with Crippen LogP contribution in [0.15, 0.2) is 308 Å². The molecule has 0 atom stereocenters. The molecule has 8 aromatic heterocycles. The third-order valence-corrected chi connectivity index (χ3v) is 21.5. The van der Waals surface area contributed by atoms with Crippen molar-refractivity contribution in [3.8, 4) is 56.7 Å². The lowest BCUT2D eigenvalue weighted by atomic mass is 9.96. The van der Waals surface area contributed by atoms with Gasteiger partial charge in [0.05, 0.1) is 44.1 Å². The number of para-hydroxylation sites is 7. The summed E-state index contributed by atoms with van der Waals surface area (Å²) < 4.78 is 17.1. The van der Waals surface area contributed by atoms with Crippen molar-refractivity contribution in [1.29, 1.82) is 0 Å². The molecule has 9 nitrogen and oxygen atoms in total. The molecule has 0 amide bonds. The Hall–Kier alpha value is -13.0. The first kappa shape index (κ1) is 53.4. The monoisotopic (exact) mass is 1270 g/mol. The Balaban J connectivity index is 0.763. The molecule has 98 heavy (non-hydrogen) atoms. The molecule has 22 aromatic rings. The Morgan fingerprint density at radius 1 is 0.265 bits per heavy atom. The number of furan rings is 1. The molecule has 0 aliphatic heterocycles. The van der Waals surface area contributed by atoms with E-state index >= 15 is 0 Å². The molecular formula is C88H50N8OS. The van der Waals surface area contributed by atoms with Crippen LogP contribution < -0.4 is 0 Å². The van der Waals surface area contributed by atoms with Gasteiger partial charge in [0.1, 0.15) is 32.8 Å². The summed E-state index contributed by atoms with van der Waals surface area (Å²) >= 11 is 1.72. The number of rotatable bonds is 7. The van der Waals surface area contributed by atoms with Crippen LogP contribution in [0.25, 0.3) is 208 Å². The third kappa shape index (κ3) is 7.59. The lowest BCUT2D eigenvalue weighted by Gasteiger charge is -2.14. The fourth-order valence-corrected chi connectivity index (χ4v) is 17.2. The van der Waals surface area contributed by atoms with Gasteiger partial charge in [-0.2, -0.15) is 0 Å². The van der Waals surface area contributed by atoms with Gasteiger partial charge in [-0.1, -0.05) is 194 Å². The van der Waals surface area contributed by atoms with Crippen LogP contribution in [0.3, 0.4) is 0 Å². The van der Waals surface area contributed by atoms with Gasteiger partial charge in [0.15, 0.2) is 11.6 Å². The summed E-state index contributed by atoms with van der Waals surface area (Å²) in [6.07, 6.45) is 0. The van der Waals surface area contributed by atoms with Gasteiger partial charge in [0.2, 0.25) is 5.71 Å². The van der Waals surface area contributed by atoms with E-state index in [0.717, 1.165) is 181 Å². The highest BCUT2D eigenvalue weighted by atomic mass is 32.1. The normalized spacial score (nSPS) is 12.3. The van der Waals surface area contributed by atoms with Crippen molar-refractivity contribution in [1.82, 2.24) is 38.2 Å². The van der Waals surface area contributed by atoms with E-state index in [-0.39, 0.29) is 0 Å². The second-order valence-corrected chi connectivity index (χ2v) is 26.6. The van der Waals surface area contributed by atoms with Crippen LogP contribution in [0.2, 0.25) is 0 Å². The summed E-state index contributed by atoms with van der Waals surface area (Å²) in [4.78, 5) is 23.9. The second kappa shape index (κ2) is 20.3. The molecule has 0 aliphatic rings. The Kier molecular flexibility index (Phi) is 11.0. The number of benzene rings is 14. The minimum atomic E-state index is 0.492. The van der Waals surface area contributed by atoms with Crippen LogP contribution >= 0.6 is 11.3 Å². The first-order valence-corrected chi connectivity index (χ1v) is 33.9. The van der Waals surface area contributed by atoms with Gasteiger partial charge in [-0.25, -0.2) is 19.9 Å². The molecule has 22 rings (SSSR count). The lowest BCUT2D eigenvalue weighted by Crippen LogP contribution is -2.03. The Morgan fingerprint density at radius 3 is 1.32 bits per heavy atom. The molecule has 8 heterocycles. The van der Waals surface area contributed by atoms with E-state index in [4.69, 9.17) is 24.4 Å². The maximum Gasteiger partial charge on any atom is 0.247 e. The summed E-state index contributed by atoms with van der Waals surface area (Å²) in [6.45, 7) is 0. The van der Waals surface area contributed by atoms with Crippen molar-refractivity contribution in [3.05, 3.63) is 303 Å². The van der Waals surface area contributed by atoms with E-state index in [1.807, 2.05) is 18.2 Å². The maximum atomic E-state index is 6.58. The Morgan fingerprint density at radius 2 is 0.704 bits per heavy atom. The van der Waals surface area contributed by atoms with Crippen molar-refractivity contribution < 1.29 is 4.42 Å². The highest BCUT2D eigenvalue weighted by molar-refractivity contribution is 7.26. The van der Waals surface area contributed by atoms with Crippen LogP contribution in [0.4, 0.5) is 0 Å². The minimum Gasteiger partial charge on any atom is -0.436 e. The SMILES string of the molecule is c1ccc(-n2c3ccccc3c3cc(-c4nc5oc6ccccc6c5nc4-n4c5ccccc5c5cc6c(-c7cccc8c7sc7nc(-c9ccc%10c(c9)c9ccccc9n%10-c9ccccc9)c(-n9c%10ccccc%10c%10cc%11ccccc%11cc%109)nc78)cccc6cc54)ccc32)cc1. The quantitative estimate of drug-likeness (QED) is 0.159. The topological polar surface area (TPSA) is 84.4 Å². The zero-order chi connectivity index (χ0) is 63.8. The second-order valence-electron chi connectivity index (χ2n) is 25.6. The van der Waals surface area contributed by atoms with Gasteiger partial charge in [-0.05, 0) is 136 Å². The van der Waals surface area contributed by atoms with Crippen LogP contribution in [0, 0.1) is 0 Å². The molecule has 0 unspecified atom stereocenters. The predicted octanol–water partition coefficient (Wildman–Crippen LogP) is 23.2. The summed E-state index contributed by atoms with van der Waals surface area (Å²) in [5.41, 5.74) is 19.5. The van der Waals surface area contributed by atoms with Crippen molar-refractivity contribution in [2.24, 2.45) is 0 Å². The van der Waals surface area contributed by atoms with Crippen LogP contribution in [0.5, 0.6) is 0 Å². The van der Waals surface area contributed by atoms with E-state index in [9.17, 15) is 0 Å². The van der Waals surface area contributed by atoms with Crippen LogP contribution in [-0.4, -0.2) is 38.2 Å². The number of aromatic nitrogens is 8. The van der Waals surface area contributed by atoms with Gasteiger partial charge < -0.3 is 13.6 Å². The van der Waals surface area contributed by atoms with E-state index < -0.39 is 0 Å². The molecule has 14 aromatic carbocycles. The number of hydrogen-bond acceptors (Lipinski definition) is 6. The van der Waals surface area contributed by atoms with Crippen molar-refractivity contribution in [2.45, 2.75) is 0 Å². The molecular weight excluding hydrogens is 1220 g/mol. The zero-order valence-corrected chi connectivity index (χ0v) is 53.1. The average Bonchev–Trinajstić information content (AvgIpc) is 1.55. The molecule has 454 valence electrons. The molecule has 0 radical (unpaired) electrons. The molecule has 0 N–H and O–H groups in total. The molecule has 0 aliphatic carbocycles. The highest BCUT2D eigenvalue weighted by Crippen LogP contribution is 2.48. The first-order valence-electron chi connectivity index (χ1n) is 33.1. The van der Waals surface area contributed by atoms with Gasteiger partial charge >= 0.3 is 0 Å². The van der Waals surface area contributed by atoms with Crippen molar-refractivity contribution >= 4 is 163 Å². The van der Waals surface area contributed by atoms with Gasteiger partial charge in [-0.15, -0.1) is 11.3 Å². The Bertz CT molecular complexity index is 7190.